The molecule has 0 saturated carbocycles. The molecule has 0 aliphatic carbocycles. The predicted molar refractivity (Wildman–Crippen MR) is 53.6 cm³/mol. The van der Waals surface area contributed by atoms with Crippen LogP contribution in [-0.4, -0.2) is 44.7 Å². The molecule has 2 saturated heterocycles. The molecular weight excluding hydrogens is 212 g/mol. The summed E-state index contributed by atoms with van der Waals surface area (Å²) in [4.78, 5) is 0. The largest absolute Gasteiger partial charge is 0.312 e. The van der Waals surface area contributed by atoms with Gasteiger partial charge in [0.25, 0.3) is 0 Å². The maximum atomic E-state index is 11.2. The molecule has 2 fully saturated rings. The number of fused-ring (bicyclic) bond motifs is 1. The van der Waals surface area contributed by atoms with E-state index in [1.165, 1.54) is 6.26 Å². The van der Waals surface area contributed by atoms with Crippen molar-refractivity contribution in [2.24, 2.45) is 5.92 Å². The fourth-order valence-corrected chi connectivity index (χ4v) is 2.97. The highest BCUT2D eigenvalue weighted by Gasteiger charge is 2.39. The second-order valence-electron chi connectivity index (χ2n) is 3.69. The van der Waals surface area contributed by atoms with Gasteiger partial charge in [-0.15, -0.1) is 12.4 Å². The summed E-state index contributed by atoms with van der Waals surface area (Å²) in [5.41, 5.74) is 0. The van der Waals surface area contributed by atoms with Gasteiger partial charge in [-0.2, -0.15) is 0 Å². The summed E-state index contributed by atoms with van der Waals surface area (Å²) < 4.78 is 23.9. The van der Waals surface area contributed by atoms with E-state index >= 15 is 0 Å². The quantitative estimate of drug-likeness (QED) is 0.666. The van der Waals surface area contributed by atoms with Crippen molar-refractivity contribution < 1.29 is 8.42 Å². The van der Waals surface area contributed by atoms with Crippen molar-refractivity contribution in [2.75, 3.05) is 25.9 Å². The van der Waals surface area contributed by atoms with Crippen molar-refractivity contribution in [1.29, 1.82) is 0 Å². The number of rotatable bonds is 1. The van der Waals surface area contributed by atoms with Gasteiger partial charge >= 0.3 is 0 Å². The van der Waals surface area contributed by atoms with Gasteiger partial charge in [-0.1, -0.05) is 0 Å². The molecule has 13 heavy (non-hydrogen) atoms. The van der Waals surface area contributed by atoms with Crippen LogP contribution in [0.5, 0.6) is 0 Å². The summed E-state index contributed by atoms with van der Waals surface area (Å²) in [6.07, 6.45) is 2.41. The number of nitrogens with zero attached hydrogens (tertiary/aromatic N) is 1. The van der Waals surface area contributed by atoms with E-state index in [9.17, 15) is 8.42 Å². The molecule has 0 aromatic rings. The van der Waals surface area contributed by atoms with Crippen LogP contribution >= 0.6 is 12.4 Å². The Kier molecular flexibility index (Phi) is 3.22. The van der Waals surface area contributed by atoms with Gasteiger partial charge in [0.15, 0.2) is 0 Å². The van der Waals surface area contributed by atoms with E-state index in [-0.39, 0.29) is 12.4 Å². The van der Waals surface area contributed by atoms with Crippen molar-refractivity contribution >= 4 is 22.4 Å². The van der Waals surface area contributed by atoms with Crippen LogP contribution in [0.4, 0.5) is 0 Å². The molecule has 0 radical (unpaired) electrons. The summed E-state index contributed by atoms with van der Waals surface area (Å²) in [6, 6.07) is 0.416. The summed E-state index contributed by atoms with van der Waals surface area (Å²) in [5.74, 6) is 0.555. The average molecular weight is 227 g/mol. The first-order valence-electron chi connectivity index (χ1n) is 4.26. The molecule has 78 valence electrons. The fourth-order valence-electron chi connectivity index (χ4n) is 2.08. The van der Waals surface area contributed by atoms with Crippen LogP contribution in [0.15, 0.2) is 0 Å². The topological polar surface area (TPSA) is 49.4 Å². The summed E-state index contributed by atoms with van der Waals surface area (Å²) in [5, 5.41) is 3.31. The van der Waals surface area contributed by atoms with Crippen LogP contribution in [0.3, 0.4) is 0 Å². The first-order chi connectivity index (χ1) is 5.57. The molecule has 2 rings (SSSR count). The maximum absolute atomic E-state index is 11.2. The molecule has 6 heteroatoms. The monoisotopic (exact) mass is 226 g/mol. The minimum absolute atomic E-state index is 0. The van der Waals surface area contributed by atoms with Gasteiger partial charge in [0.1, 0.15) is 0 Å². The van der Waals surface area contributed by atoms with Crippen molar-refractivity contribution in [3.63, 3.8) is 0 Å². The highest BCUT2D eigenvalue weighted by atomic mass is 35.5. The second kappa shape index (κ2) is 3.73. The number of sulfonamides is 1. The first-order valence-corrected chi connectivity index (χ1v) is 6.11. The SMILES string of the molecule is CS(=O)(=O)N1C[C@@H]2CCN[C@@H]2C1.Cl. The Morgan fingerprint density at radius 2 is 2.08 bits per heavy atom. The Balaban J connectivity index is 0.000000845. The van der Waals surface area contributed by atoms with Crippen LogP contribution in [0, 0.1) is 5.92 Å². The van der Waals surface area contributed by atoms with Gasteiger partial charge in [0, 0.05) is 19.1 Å². The summed E-state index contributed by atoms with van der Waals surface area (Å²) in [6.45, 7) is 2.44. The lowest BCUT2D eigenvalue weighted by molar-refractivity contribution is 0.453. The van der Waals surface area contributed by atoms with Crippen LogP contribution < -0.4 is 5.32 Å². The third-order valence-corrected chi connectivity index (χ3v) is 4.03. The van der Waals surface area contributed by atoms with Gasteiger partial charge < -0.3 is 5.32 Å². The van der Waals surface area contributed by atoms with Crippen LogP contribution in [-0.2, 0) is 10.0 Å². The van der Waals surface area contributed by atoms with E-state index in [2.05, 4.69) is 5.32 Å². The molecule has 0 spiro atoms. The molecule has 0 aromatic heterocycles. The molecule has 0 aromatic carbocycles. The highest BCUT2D eigenvalue weighted by molar-refractivity contribution is 7.88. The van der Waals surface area contributed by atoms with Gasteiger partial charge in [-0.25, -0.2) is 12.7 Å². The normalized spacial score (nSPS) is 34.2. The lowest BCUT2D eigenvalue weighted by Gasteiger charge is -2.13. The van der Waals surface area contributed by atoms with Crippen molar-refractivity contribution in [2.45, 2.75) is 12.5 Å². The highest BCUT2D eigenvalue weighted by Crippen LogP contribution is 2.25. The Labute approximate surface area is 85.1 Å². The molecule has 0 bridgehead atoms. The van der Waals surface area contributed by atoms with Crippen LogP contribution in [0.2, 0.25) is 0 Å². The number of nitrogens with one attached hydrogen (secondary N) is 1. The Morgan fingerprint density at radius 3 is 2.62 bits per heavy atom. The number of hydrogen-bond donors (Lipinski definition) is 1. The summed E-state index contributed by atoms with van der Waals surface area (Å²) >= 11 is 0. The number of halogens is 1. The smallest absolute Gasteiger partial charge is 0.211 e. The molecule has 4 nitrogen and oxygen atoms in total. The zero-order chi connectivity index (χ0) is 8.77. The van der Waals surface area contributed by atoms with Crippen molar-refractivity contribution in [1.82, 2.24) is 9.62 Å². The summed E-state index contributed by atoms with van der Waals surface area (Å²) in [7, 11) is -2.95. The zero-order valence-electron chi connectivity index (χ0n) is 7.56. The van der Waals surface area contributed by atoms with Crippen LogP contribution in [0.25, 0.3) is 0 Å². The van der Waals surface area contributed by atoms with Gasteiger partial charge in [-0.3, -0.25) is 0 Å². The third kappa shape index (κ3) is 2.15. The lowest BCUT2D eigenvalue weighted by atomic mass is 10.1. The molecule has 1 N–H and O–H groups in total. The Bertz CT molecular complexity index is 268. The maximum Gasteiger partial charge on any atom is 0.211 e. The third-order valence-electron chi connectivity index (χ3n) is 2.80. The molecule has 2 aliphatic heterocycles. The van der Waals surface area contributed by atoms with E-state index in [1.54, 1.807) is 4.31 Å². The van der Waals surface area contributed by atoms with Gasteiger partial charge in [0.05, 0.1) is 6.26 Å². The number of hydrogen-bond acceptors (Lipinski definition) is 3. The lowest BCUT2D eigenvalue weighted by Crippen LogP contribution is -2.33. The fraction of sp³-hybridized carbons (Fsp3) is 1.00. The molecule has 0 unspecified atom stereocenters. The predicted octanol–water partition coefficient (Wildman–Crippen LogP) is -0.338. The van der Waals surface area contributed by atoms with E-state index < -0.39 is 10.0 Å². The van der Waals surface area contributed by atoms with Crippen molar-refractivity contribution in [3.8, 4) is 0 Å². The first kappa shape index (κ1) is 11.2. The average Bonchev–Trinajstić information content (AvgIpc) is 2.37. The van der Waals surface area contributed by atoms with Gasteiger partial charge in [0.2, 0.25) is 10.0 Å². The van der Waals surface area contributed by atoms with E-state index in [0.29, 0.717) is 18.5 Å². The van der Waals surface area contributed by atoms with Crippen molar-refractivity contribution in [3.05, 3.63) is 0 Å². The molecule has 2 atom stereocenters. The van der Waals surface area contributed by atoms with E-state index in [4.69, 9.17) is 0 Å². The van der Waals surface area contributed by atoms with E-state index in [0.717, 1.165) is 19.5 Å². The Morgan fingerprint density at radius 1 is 1.38 bits per heavy atom. The van der Waals surface area contributed by atoms with Crippen LogP contribution in [0.1, 0.15) is 6.42 Å². The molecule has 2 heterocycles. The zero-order valence-corrected chi connectivity index (χ0v) is 9.20. The van der Waals surface area contributed by atoms with E-state index in [1.807, 2.05) is 0 Å². The minimum atomic E-state index is -2.95. The van der Waals surface area contributed by atoms with Gasteiger partial charge in [-0.05, 0) is 18.9 Å². The molecule has 0 amide bonds. The molecular formula is C7H15ClN2O2S. The minimum Gasteiger partial charge on any atom is -0.312 e. The Hall–Kier alpha value is 0.160. The standard InChI is InChI=1S/C7H14N2O2S.ClH/c1-12(10,11)9-4-6-2-3-8-7(6)5-9;/h6-8H,2-5H2,1H3;1H/t6-,7+;/m0./s1. The molecule has 2 aliphatic rings. The second-order valence-corrected chi connectivity index (χ2v) is 5.67.